The van der Waals surface area contributed by atoms with Gasteiger partial charge in [0.05, 0.1) is 30.8 Å². The summed E-state index contributed by atoms with van der Waals surface area (Å²) < 4.78 is 12.2. The Labute approximate surface area is 298 Å². The number of ether oxygens (including phenoxy) is 2. The highest BCUT2D eigenvalue weighted by Gasteiger charge is 2.47. The first-order valence-corrected chi connectivity index (χ1v) is 17.4. The number of aromatic nitrogens is 1. The predicted molar refractivity (Wildman–Crippen MR) is 193 cm³/mol. The summed E-state index contributed by atoms with van der Waals surface area (Å²) >= 11 is 0. The van der Waals surface area contributed by atoms with E-state index >= 15 is 0 Å². The van der Waals surface area contributed by atoms with Gasteiger partial charge in [0.25, 0.3) is 0 Å². The lowest BCUT2D eigenvalue weighted by molar-refractivity contribution is -0.148. The van der Waals surface area contributed by atoms with E-state index in [0.29, 0.717) is 17.9 Å². The molecule has 12 heteroatoms. The van der Waals surface area contributed by atoms with Crippen LogP contribution in [0, 0.1) is 17.3 Å². The molecule has 3 aromatic rings. The van der Waals surface area contributed by atoms with Gasteiger partial charge in [0, 0.05) is 55.1 Å². The number of pyridine rings is 1. The lowest BCUT2D eigenvalue weighted by atomic mass is 9.77. The number of carbonyl (C=O) groups excluding carboxylic acids is 3. The SMILES string of the molecule is C=CC1CC1NC(=O)[C@@H]1C[C@@H](Oc2cc(-c3ccccc3)nc3cc(OC)ccc23)CN1C(=O)[C@@H](CC(=O)N1CCCC1)C(C)(C)C.O=C(O)O. The maximum Gasteiger partial charge on any atom is 0.503 e. The number of benzene rings is 2. The van der Waals surface area contributed by atoms with E-state index in [2.05, 4.69) is 11.9 Å². The third kappa shape index (κ3) is 9.16. The van der Waals surface area contributed by atoms with E-state index in [4.69, 9.17) is 29.5 Å². The first kappa shape index (κ1) is 37.1. The third-order valence-corrected chi connectivity index (χ3v) is 9.84. The van der Waals surface area contributed by atoms with Crippen molar-refractivity contribution in [2.24, 2.45) is 17.3 Å². The molecule has 1 aromatic heterocycles. The summed E-state index contributed by atoms with van der Waals surface area (Å²) in [4.78, 5) is 58.6. The molecule has 3 aliphatic rings. The quantitative estimate of drug-likeness (QED) is 0.221. The van der Waals surface area contributed by atoms with Crippen molar-refractivity contribution < 1.29 is 38.9 Å². The van der Waals surface area contributed by atoms with Crippen molar-refractivity contribution >= 4 is 34.8 Å². The van der Waals surface area contributed by atoms with Crippen LogP contribution < -0.4 is 14.8 Å². The zero-order chi connectivity index (χ0) is 36.9. The van der Waals surface area contributed by atoms with Crippen molar-refractivity contribution in [1.82, 2.24) is 20.1 Å². The molecule has 3 N–H and O–H groups in total. The number of nitrogens with zero attached hydrogens (tertiary/aromatic N) is 3. The van der Waals surface area contributed by atoms with Gasteiger partial charge in [-0.3, -0.25) is 14.4 Å². The number of nitrogens with one attached hydrogen (secondary N) is 1. The minimum Gasteiger partial charge on any atom is -0.497 e. The van der Waals surface area contributed by atoms with Crippen molar-refractivity contribution in [1.29, 1.82) is 0 Å². The molecule has 1 aliphatic carbocycles. The minimum absolute atomic E-state index is 0.00250. The number of rotatable bonds is 10. The van der Waals surface area contributed by atoms with E-state index in [-0.39, 0.29) is 42.6 Å². The lowest BCUT2D eigenvalue weighted by Gasteiger charge is -2.35. The summed E-state index contributed by atoms with van der Waals surface area (Å²) in [6, 6.07) is 16.8. The van der Waals surface area contributed by atoms with Gasteiger partial charge < -0.3 is 34.8 Å². The van der Waals surface area contributed by atoms with Crippen LogP contribution >= 0.6 is 0 Å². The second-order valence-electron chi connectivity index (χ2n) is 14.5. The second-order valence-corrected chi connectivity index (χ2v) is 14.5. The summed E-state index contributed by atoms with van der Waals surface area (Å²) in [6.45, 7) is 11.6. The van der Waals surface area contributed by atoms with Gasteiger partial charge in [0.2, 0.25) is 17.7 Å². The Kier molecular flexibility index (Phi) is 11.5. The predicted octanol–water partition coefficient (Wildman–Crippen LogP) is 5.85. The number of likely N-dealkylation sites (tertiary alicyclic amines) is 2. The van der Waals surface area contributed by atoms with Crippen LogP contribution in [-0.4, -0.2) is 93.8 Å². The van der Waals surface area contributed by atoms with Crippen molar-refractivity contribution in [3.8, 4) is 22.8 Å². The third-order valence-electron chi connectivity index (χ3n) is 9.84. The highest BCUT2D eigenvalue weighted by atomic mass is 16.6. The molecule has 2 unspecified atom stereocenters. The number of carbonyl (C=O) groups is 4. The summed E-state index contributed by atoms with van der Waals surface area (Å²) in [5.74, 6) is 0.612. The molecule has 0 radical (unpaired) electrons. The van der Waals surface area contributed by atoms with Gasteiger partial charge in [0.15, 0.2) is 0 Å². The molecule has 5 atom stereocenters. The van der Waals surface area contributed by atoms with Gasteiger partial charge in [-0.2, -0.15) is 0 Å². The van der Waals surface area contributed by atoms with Gasteiger partial charge >= 0.3 is 6.16 Å². The number of methoxy groups -OCH3 is 1. The molecule has 2 saturated heterocycles. The smallest absolute Gasteiger partial charge is 0.497 e. The van der Waals surface area contributed by atoms with Crippen LogP contribution in [0.5, 0.6) is 11.5 Å². The number of carboxylic acid groups (broad SMARTS) is 2. The normalized spacial score (nSPS) is 21.6. The van der Waals surface area contributed by atoms with Crippen molar-refractivity contribution in [2.75, 3.05) is 26.7 Å². The monoisotopic (exact) mass is 700 g/mol. The molecule has 3 heterocycles. The van der Waals surface area contributed by atoms with E-state index in [9.17, 15) is 14.4 Å². The molecule has 51 heavy (non-hydrogen) atoms. The average Bonchev–Trinajstić information content (AvgIpc) is 3.43. The molecule has 3 fully saturated rings. The summed E-state index contributed by atoms with van der Waals surface area (Å²) in [5, 5.41) is 17.9. The van der Waals surface area contributed by atoms with Crippen molar-refractivity contribution in [3.63, 3.8) is 0 Å². The molecule has 0 spiro atoms. The van der Waals surface area contributed by atoms with E-state index in [1.54, 1.807) is 12.0 Å². The first-order valence-electron chi connectivity index (χ1n) is 17.4. The van der Waals surface area contributed by atoms with Crippen molar-refractivity contribution in [2.45, 2.75) is 71.1 Å². The van der Waals surface area contributed by atoms with E-state index in [1.807, 2.05) is 86.3 Å². The Morgan fingerprint density at radius 1 is 1.04 bits per heavy atom. The fourth-order valence-electron chi connectivity index (χ4n) is 6.87. The highest BCUT2D eigenvalue weighted by Crippen LogP contribution is 2.38. The number of hydrogen-bond acceptors (Lipinski definition) is 7. The minimum atomic E-state index is -1.83. The van der Waals surface area contributed by atoms with Crippen LogP contribution in [0.2, 0.25) is 0 Å². The Morgan fingerprint density at radius 2 is 1.73 bits per heavy atom. The van der Waals surface area contributed by atoms with Gasteiger partial charge in [-0.25, -0.2) is 9.78 Å². The van der Waals surface area contributed by atoms with Crippen LogP contribution in [0.3, 0.4) is 0 Å². The average molecular weight is 701 g/mol. The maximum absolute atomic E-state index is 14.5. The van der Waals surface area contributed by atoms with Crippen LogP contribution in [0.4, 0.5) is 4.79 Å². The van der Waals surface area contributed by atoms with E-state index < -0.39 is 29.6 Å². The maximum atomic E-state index is 14.5. The van der Waals surface area contributed by atoms with Crippen LogP contribution in [-0.2, 0) is 14.4 Å². The molecule has 6 rings (SSSR count). The fraction of sp³-hybridized carbons (Fsp3) is 0.462. The number of hydrogen-bond donors (Lipinski definition) is 3. The van der Waals surface area contributed by atoms with Crippen LogP contribution in [0.25, 0.3) is 22.2 Å². The molecule has 12 nitrogen and oxygen atoms in total. The molecule has 272 valence electrons. The second kappa shape index (κ2) is 15.8. The zero-order valence-corrected chi connectivity index (χ0v) is 29.7. The molecule has 1 saturated carbocycles. The first-order chi connectivity index (χ1) is 24.3. The van der Waals surface area contributed by atoms with Crippen LogP contribution in [0.1, 0.15) is 52.9 Å². The molecule has 2 aromatic carbocycles. The summed E-state index contributed by atoms with van der Waals surface area (Å²) in [5.41, 5.74) is 1.93. The zero-order valence-electron chi connectivity index (χ0n) is 29.7. The van der Waals surface area contributed by atoms with Gasteiger partial charge in [-0.1, -0.05) is 57.2 Å². The Bertz CT molecular complexity index is 1750. The molecule has 0 bridgehead atoms. The Morgan fingerprint density at radius 3 is 2.33 bits per heavy atom. The Hall–Kier alpha value is -5.13. The molecule has 2 aliphatic heterocycles. The van der Waals surface area contributed by atoms with Gasteiger partial charge in [-0.15, -0.1) is 6.58 Å². The highest BCUT2D eigenvalue weighted by molar-refractivity contribution is 5.92. The number of amides is 3. The standard InChI is InChI=1S/C38H46N4O5.CH2O3/c1-6-24-18-30(24)40-36(44)33-20-27(23-42(33)37(45)29(38(2,3)4)21-35(43)41-16-10-11-17-41)47-34-22-31(25-12-8-7-9-13-25)39-32-19-26(46-5)14-15-28(32)34;2-1(3)4/h6-9,12-15,19,22,24,27,29-30,33H,1,10-11,16-18,20-21,23H2,2-5H3,(H,40,44);(H2,2,3,4)/t24?,27-,29-,30?,33+;/m1./s1. The molecular formula is C39H48N4O8. The van der Waals surface area contributed by atoms with Gasteiger partial charge in [0.1, 0.15) is 23.6 Å². The van der Waals surface area contributed by atoms with E-state index in [0.717, 1.165) is 54.5 Å². The van der Waals surface area contributed by atoms with Gasteiger partial charge in [-0.05, 0) is 42.7 Å². The Balaban J connectivity index is 0.00000120. The van der Waals surface area contributed by atoms with Crippen molar-refractivity contribution in [3.05, 3.63) is 67.3 Å². The topological polar surface area (TPSA) is 159 Å². The summed E-state index contributed by atoms with van der Waals surface area (Å²) in [7, 11) is 1.62. The molecule has 3 amide bonds. The largest absolute Gasteiger partial charge is 0.503 e. The fourth-order valence-corrected chi connectivity index (χ4v) is 6.87. The van der Waals surface area contributed by atoms with E-state index in [1.165, 1.54) is 0 Å². The lowest BCUT2D eigenvalue weighted by Crippen LogP contribution is -2.51. The summed E-state index contributed by atoms with van der Waals surface area (Å²) in [6.07, 6.45) is 2.86. The number of fused-ring (bicyclic) bond motifs is 1. The van der Waals surface area contributed by atoms with Crippen LogP contribution in [0.15, 0.2) is 67.3 Å². The molecular weight excluding hydrogens is 652 g/mol.